The van der Waals surface area contributed by atoms with Crippen LogP contribution < -0.4 is 5.32 Å². The molecule has 0 radical (unpaired) electrons. The molecule has 0 heterocycles. The molecule has 1 nitrogen and oxygen atoms in total. The number of hydrogen-bond acceptors (Lipinski definition) is 1. The van der Waals surface area contributed by atoms with Crippen LogP contribution in [0.25, 0.3) is 0 Å². The molecular weight excluding hydrogens is 357 g/mol. The van der Waals surface area contributed by atoms with Gasteiger partial charge in [-0.3, -0.25) is 0 Å². The van der Waals surface area contributed by atoms with E-state index in [9.17, 15) is 0 Å². The lowest BCUT2D eigenvalue weighted by molar-refractivity contribution is 1.04. The maximum Gasteiger partial charge on any atom is 0.0648 e. The zero-order valence-corrected chi connectivity index (χ0v) is 13.1. The van der Waals surface area contributed by atoms with Crippen LogP contribution in [0.2, 0.25) is 5.02 Å². The highest BCUT2D eigenvalue weighted by Crippen LogP contribution is 2.24. The van der Waals surface area contributed by atoms with E-state index in [0.29, 0.717) is 0 Å². The summed E-state index contributed by atoms with van der Waals surface area (Å²) in [4.78, 5) is 0. The van der Waals surface area contributed by atoms with Crippen LogP contribution in [-0.4, -0.2) is 0 Å². The molecule has 0 bridgehead atoms. The molecule has 0 atom stereocenters. The highest BCUT2D eigenvalue weighted by atomic mass is 127. The van der Waals surface area contributed by atoms with Crippen molar-refractivity contribution in [2.75, 3.05) is 5.32 Å². The standard InChI is InChI=1S/C15H15ClIN/c1-2-11-5-3-4-6-12(11)10-18-15-8-7-13(17)9-14(15)16/h3-9,18H,2,10H2,1H3. The van der Waals surface area contributed by atoms with Gasteiger partial charge in [-0.25, -0.2) is 0 Å². The highest BCUT2D eigenvalue weighted by Gasteiger charge is 2.03. The molecule has 2 aromatic rings. The molecule has 2 aromatic carbocycles. The van der Waals surface area contributed by atoms with Crippen LogP contribution in [0.1, 0.15) is 18.1 Å². The second-order valence-electron chi connectivity index (χ2n) is 4.10. The summed E-state index contributed by atoms with van der Waals surface area (Å²) in [5.41, 5.74) is 3.70. The van der Waals surface area contributed by atoms with Crippen LogP contribution in [0, 0.1) is 3.57 Å². The minimum absolute atomic E-state index is 0.774. The summed E-state index contributed by atoms with van der Waals surface area (Å²) < 4.78 is 1.15. The summed E-state index contributed by atoms with van der Waals surface area (Å²) >= 11 is 8.46. The minimum Gasteiger partial charge on any atom is -0.380 e. The van der Waals surface area contributed by atoms with Gasteiger partial charge in [0.05, 0.1) is 10.7 Å². The van der Waals surface area contributed by atoms with Crippen molar-refractivity contribution in [2.45, 2.75) is 19.9 Å². The van der Waals surface area contributed by atoms with Gasteiger partial charge in [0.15, 0.2) is 0 Å². The Morgan fingerprint density at radius 1 is 1.11 bits per heavy atom. The summed E-state index contributed by atoms with van der Waals surface area (Å²) in [6.07, 6.45) is 1.05. The van der Waals surface area contributed by atoms with Gasteiger partial charge in [0.2, 0.25) is 0 Å². The lowest BCUT2D eigenvalue weighted by atomic mass is 10.1. The van der Waals surface area contributed by atoms with Crippen LogP contribution in [0.4, 0.5) is 5.69 Å². The average Bonchev–Trinajstić information content (AvgIpc) is 2.38. The number of aryl methyl sites for hydroxylation is 1. The van der Waals surface area contributed by atoms with Crippen LogP contribution in [0.3, 0.4) is 0 Å². The number of hydrogen-bond donors (Lipinski definition) is 1. The van der Waals surface area contributed by atoms with Gasteiger partial charge in [0.1, 0.15) is 0 Å². The van der Waals surface area contributed by atoms with Gasteiger partial charge in [0, 0.05) is 10.1 Å². The van der Waals surface area contributed by atoms with Crippen molar-refractivity contribution < 1.29 is 0 Å². The van der Waals surface area contributed by atoms with Crippen LogP contribution in [0.5, 0.6) is 0 Å². The first kappa shape index (κ1) is 13.7. The minimum atomic E-state index is 0.774. The van der Waals surface area contributed by atoms with Gasteiger partial charge in [0.25, 0.3) is 0 Å². The molecule has 0 fully saturated rings. The zero-order valence-electron chi connectivity index (χ0n) is 10.2. The van der Waals surface area contributed by atoms with Gasteiger partial charge < -0.3 is 5.32 Å². The van der Waals surface area contributed by atoms with Gasteiger partial charge in [-0.15, -0.1) is 0 Å². The summed E-state index contributed by atoms with van der Waals surface area (Å²) in [5, 5.41) is 4.17. The van der Waals surface area contributed by atoms with Crippen molar-refractivity contribution in [3.8, 4) is 0 Å². The maximum atomic E-state index is 6.20. The van der Waals surface area contributed by atoms with E-state index in [4.69, 9.17) is 11.6 Å². The van der Waals surface area contributed by atoms with Crippen molar-refractivity contribution in [2.24, 2.45) is 0 Å². The molecule has 2 rings (SSSR count). The first-order chi connectivity index (χ1) is 8.70. The molecule has 0 amide bonds. The lowest BCUT2D eigenvalue weighted by Gasteiger charge is -2.11. The molecule has 0 aliphatic carbocycles. The Bertz CT molecular complexity index is 540. The Morgan fingerprint density at radius 2 is 1.83 bits per heavy atom. The SMILES string of the molecule is CCc1ccccc1CNc1ccc(I)cc1Cl. The summed E-state index contributed by atoms with van der Waals surface area (Å²) in [5.74, 6) is 0. The third-order valence-electron chi connectivity index (χ3n) is 2.90. The first-order valence-corrected chi connectivity index (χ1v) is 7.42. The predicted octanol–water partition coefficient (Wildman–Crippen LogP) is 5.12. The van der Waals surface area contributed by atoms with E-state index in [-0.39, 0.29) is 0 Å². The normalized spacial score (nSPS) is 10.4. The van der Waals surface area contributed by atoms with Crippen molar-refractivity contribution >= 4 is 39.9 Å². The van der Waals surface area contributed by atoms with Crippen LogP contribution in [-0.2, 0) is 13.0 Å². The molecule has 0 aliphatic heterocycles. The van der Waals surface area contributed by atoms with Gasteiger partial charge in [-0.05, 0) is 58.3 Å². The van der Waals surface area contributed by atoms with Crippen molar-refractivity contribution in [3.05, 3.63) is 62.2 Å². The monoisotopic (exact) mass is 371 g/mol. The average molecular weight is 372 g/mol. The molecule has 0 unspecified atom stereocenters. The van der Waals surface area contributed by atoms with E-state index in [1.165, 1.54) is 11.1 Å². The molecule has 0 spiro atoms. The molecule has 0 aromatic heterocycles. The Labute approximate surface area is 127 Å². The third-order valence-corrected chi connectivity index (χ3v) is 3.88. The van der Waals surface area contributed by atoms with Crippen molar-refractivity contribution in [1.82, 2.24) is 0 Å². The van der Waals surface area contributed by atoms with Crippen molar-refractivity contribution in [1.29, 1.82) is 0 Å². The fraction of sp³-hybridized carbons (Fsp3) is 0.200. The van der Waals surface area contributed by atoms with Gasteiger partial charge in [-0.2, -0.15) is 0 Å². The quantitative estimate of drug-likeness (QED) is 0.736. The second-order valence-corrected chi connectivity index (χ2v) is 5.75. The fourth-order valence-electron chi connectivity index (χ4n) is 1.90. The number of halogens is 2. The largest absolute Gasteiger partial charge is 0.380 e. The van der Waals surface area contributed by atoms with E-state index in [2.05, 4.69) is 65.2 Å². The molecule has 3 heteroatoms. The summed E-state index contributed by atoms with van der Waals surface area (Å²) in [7, 11) is 0. The number of rotatable bonds is 4. The Hall–Kier alpha value is -0.740. The molecule has 0 aliphatic rings. The number of benzene rings is 2. The zero-order chi connectivity index (χ0) is 13.0. The maximum absolute atomic E-state index is 6.20. The number of anilines is 1. The summed E-state index contributed by atoms with van der Waals surface area (Å²) in [6.45, 7) is 2.99. The molecule has 94 valence electrons. The van der Waals surface area contributed by atoms with E-state index < -0.39 is 0 Å². The van der Waals surface area contributed by atoms with Crippen LogP contribution in [0.15, 0.2) is 42.5 Å². The van der Waals surface area contributed by atoms with Gasteiger partial charge in [-0.1, -0.05) is 42.8 Å². The molecule has 0 saturated heterocycles. The fourth-order valence-corrected chi connectivity index (χ4v) is 2.82. The van der Waals surface area contributed by atoms with Gasteiger partial charge >= 0.3 is 0 Å². The molecular formula is C15H15ClIN. The summed E-state index contributed by atoms with van der Waals surface area (Å²) in [6, 6.07) is 14.5. The smallest absolute Gasteiger partial charge is 0.0648 e. The highest BCUT2D eigenvalue weighted by molar-refractivity contribution is 14.1. The number of nitrogens with one attached hydrogen (secondary N) is 1. The van der Waals surface area contributed by atoms with Crippen LogP contribution >= 0.6 is 34.2 Å². The van der Waals surface area contributed by atoms with E-state index in [1.807, 2.05) is 12.1 Å². The Kier molecular flexibility index (Phi) is 4.89. The Morgan fingerprint density at radius 3 is 2.50 bits per heavy atom. The van der Waals surface area contributed by atoms with Crippen molar-refractivity contribution in [3.63, 3.8) is 0 Å². The Balaban J connectivity index is 2.11. The predicted molar refractivity (Wildman–Crippen MR) is 87.3 cm³/mol. The van der Waals surface area contributed by atoms with E-state index in [1.54, 1.807) is 0 Å². The molecule has 1 N–H and O–H groups in total. The van der Waals surface area contributed by atoms with E-state index >= 15 is 0 Å². The molecule has 0 saturated carbocycles. The first-order valence-electron chi connectivity index (χ1n) is 5.96. The van der Waals surface area contributed by atoms with E-state index in [0.717, 1.165) is 27.2 Å². The molecule has 18 heavy (non-hydrogen) atoms. The second kappa shape index (κ2) is 6.43. The topological polar surface area (TPSA) is 12.0 Å². The third kappa shape index (κ3) is 3.39. The lowest BCUT2D eigenvalue weighted by Crippen LogP contribution is -2.02.